The summed E-state index contributed by atoms with van der Waals surface area (Å²) in [6.07, 6.45) is 1.73. The van der Waals surface area contributed by atoms with Crippen molar-refractivity contribution in [1.82, 2.24) is 9.55 Å². The number of ether oxygens (including phenoxy) is 2. The molecule has 0 radical (unpaired) electrons. The molecule has 0 N–H and O–H groups in total. The van der Waals surface area contributed by atoms with Gasteiger partial charge in [-0.1, -0.05) is 0 Å². The number of nitrogens with zero attached hydrogens (tertiary/aromatic N) is 2. The Morgan fingerprint density at radius 3 is 2.52 bits per heavy atom. The zero-order valence-electron chi connectivity index (χ0n) is 11.7. The first-order chi connectivity index (χ1) is 10.2. The number of benzene rings is 2. The number of hydrogen-bond donors (Lipinski definition) is 0. The summed E-state index contributed by atoms with van der Waals surface area (Å²) in [7, 11) is 3.00. The van der Waals surface area contributed by atoms with Crippen molar-refractivity contribution in [2.45, 2.75) is 0 Å². The van der Waals surface area contributed by atoms with Crippen molar-refractivity contribution in [3.05, 3.63) is 54.4 Å². The second kappa shape index (κ2) is 5.28. The number of rotatable bonds is 3. The van der Waals surface area contributed by atoms with Gasteiger partial charge in [-0.05, 0) is 42.5 Å². The second-order valence-corrected chi connectivity index (χ2v) is 4.51. The maximum absolute atomic E-state index is 11.5. The lowest BCUT2D eigenvalue weighted by molar-refractivity contribution is 0.0601. The van der Waals surface area contributed by atoms with Gasteiger partial charge in [0.2, 0.25) is 0 Å². The maximum Gasteiger partial charge on any atom is 0.337 e. The Morgan fingerprint density at radius 2 is 1.86 bits per heavy atom. The van der Waals surface area contributed by atoms with E-state index in [1.807, 2.05) is 34.9 Å². The smallest absolute Gasteiger partial charge is 0.337 e. The van der Waals surface area contributed by atoms with Crippen LogP contribution in [0.25, 0.3) is 16.7 Å². The highest BCUT2D eigenvalue weighted by Crippen LogP contribution is 2.21. The van der Waals surface area contributed by atoms with E-state index in [0.29, 0.717) is 5.56 Å². The number of hydrogen-bond acceptors (Lipinski definition) is 4. The molecule has 2 aromatic carbocycles. The summed E-state index contributed by atoms with van der Waals surface area (Å²) in [5.41, 5.74) is 3.13. The average molecular weight is 282 g/mol. The maximum atomic E-state index is 11.5. The first-order valence-electron chi connectivity index (χ1n) is 6.43. The third kappa shape index (κ3) is 2.33. The van der Waals surface area contributed by atoms with Gasteiger partial charge >= 0.3 is 5.97 Å². The van der Waals surface area contributed by atoms with Gasteiger partial charge < -0.3 is 9.47 Å². The number of methoxy groups -OCH3 is 2. The van der Waals surface area contributed by atoms with Crippen LogP contribution in [0.4, 0.5) is 0 Å². The summed E-state index contributed by atoms with van der Waals surface area (Å²) in [4.78, 5) is 15.9. The molecule has 0 aliphatic rings. The van der Waals surface area contributed by atoms with E-state index < -0.39 is 0 Å². The normalized spacial score (nSPS) is 10.6. The molecule has 0 unspecified atom stereocenters. The lowest BCUT2D eigenvalue weighted by Gasteiger charge is -2.06. The highest BCUT2D eigenvalue weighted by molar-refractivity contribution is 5.93. The molecule has 0 saturated carbocycles. The molecule has 1 heterocycles. The highest BCUT2D eigenvalue weighted by atomic mass is 16.5. The van der Waals surface area contributed by atoms with Crippen LogP contribution < -0.4 is 4.74 Å². The number of imidazole rings is 1. The summed E-state index contributed by atoms with van der Waals surface area (Å²) in [5, 5.41) is 0. The monoisotopic (exact) mass is 282 g/mol. The second-order valence-electron chi connectivity index (χ2n) is 4.51. The fraction of sp³-hybridized carbons (Fsp3) is 0.125. The lowest BCUT2D eigenvalue weighted by atomic mass is 10.2. The molecule has 0 spiro atoms. The Morgan fingerprint density at radius 1 is 1.10 bits per heavy atom. The van der Waals surface area contributed by atoms with Crippen LogP contribution in [0.2, 0.25) is 0 Å². The predicted molar refractivity (Wildman–Crippen MR) is 79.0 cm³/mol. The summed E-state index contributed by atoms with van der Waals surface area (Å²) < 4.78 is 11.8. The van der Waals surface area contributed by atoms with Gasteiger partial charge in [-0.2, -0.15) is 0 Å². The zero-order valence-corrected chi connectivity index (χ0v) is 11.7. The molecule has 0 atom stereocenters. The standard InChI is InChI=1S/C16H14N2O3/c1-20-13-6-4-12(5-7-13)18-10-17-14-9-11(16(19)21-2)3-8-15(14)18/h3-10H,1-2H3. The minimum absolute atomic E-state index is 0.365. The van der Waals surface area contributed by atoms with Gasteiger partial charge in [-0.15, -0.1) is 0 Å². The van der Waals surface area contributed by atoms with Gasteiger partial charge in [0.15, 0.2) is 0 Å². The van der Waals surface area contributed by atoms with Gasteiger partial charge in [0.1, 0.15) is 12.1 Å². The van der Waals surface area contributed by atoms with Crippen molar-refractivity contribution >= 4 is 17.0 Å². The minimum atomic E-state index is -0.365. The Balaban J connectivity index is 2.05. The molecule has 3 rings (SSSR count). The molecule has 0 fully saturated rings. The molecule has 0 bridgehead atoms. The van der Waals surface area contributed by atoms with Gasteiger partial charge in [0, 0.05) is 5.69 Å². The van der Waals surface area contributed by atoms with Crippen LogP contribution in [0.5, 0.6) is 5.75 Å². The van der Waals surface area contributed by atoms with Crippen LogP contribution in [0.3, 0.4) is 0 Å². The SMILES string of the molecule is COC(=O)c1ccc2c(c1)ncn2-c1ccc(OC)cc1. The topological polar surface area (TPSA) is 53.3 Å². The predicted octanol–water partition coefficient (Wildman–Crippen LogP) is 2.82. The molecule has 21 heavy (non-hydrogen) atoms. The van der Waals surface area contributed by atoms with Crippen molar-refractivity contribution in [3.8, 4) is 11.4 Å². The van der Waals surface area contributed by atoms with Crippen LogP contribution in [0.15, 0.2) is 48.8 Å². The quantitative estimate of drug-likeness (QED) is 0.693. The van der Waals surface area contributed by atoms with Crippen LogP contribution >= 0.6 is 0 Å². The number of esters is 1. The molecule has 0 saturated heterocycles. The lowest BCUT2D eigenvalue weighted by Crippen LogP contribution is -2.00. The molecule has 0 aliphatic carbocycles. The molecule has 0 aliphatic heterocycles. The molecular formula is C16H14N2O3. The Kier molecular flexibility index (Phi) is 3.31. The molecule has 0 amide bonds. The summed E-state index contributed by atoms with van der Waals surface area (Å²) >= 11 is 0. The van der Waals surface area contributed by atoms with E-state index in [0.717, 1.165) is 22.5 Å². The zero-order chi connectivity index (χ0) is 14.8. The Hall–Kier alpha value is -2.82. The molecular weight excluding hydrogens is 268 g/mol. The Bertz CT molecular complexity index is 791. The van der Waals surface area contributed by atoms with E-state index >= 15 is 0 Å². The molecule has 106 valence electrons. The molecule has 1 aromatic heterocycles. The van der Waals surface area contributed by atoms with Crippen LogP contribution in [-0.4, -0.2) is 29.7 Å². The fourth-order valence-electron chi connectivity index (χ4n) is 2.21. The first-order valence-corrected chi connectivity index (χ1v) is 6.43. The number of fused-ring (bicyclic) bond motifs is 1. The minimum Gasteiger partial charge on any atom is -0.497 e. The molecule has 5 nitrogen and oxygen atoms in total. The van der Waals surface area contributed by atoms with E-state index in [9.17, 15) is 4.79 Å². The van der Waals surface area contributed by atoms with E-state index in [-0.39, 0.29) is 5.97 Å². The first kappa shape index (κ1) is 13.2. The fourth-order valence-corrected chi connectivity index (χ4v) is 2.21. The van der Waals surface area contributed by atoms with Gasteiger partial charge in [0.05, 0.1) is 30.8 Å². The molecule has 3 aromatic rings. The molecule has 5 heteroatoms. The number of carbonyl (C=O) groups excluding carboxylic acids is 1. The van der Waals surface area contributed by atoms with E-state index in [2.05, 4.69) is 4.98 Å². The van der Waals surface area contributed by atoms with Crippen molar-refractivity contribution in [2.75, 3.05) is 14.2 Å². The largest absolute Gasteiger partial charge is 0.497 e. The van der Waals surface area contributed by atoms with Crippen LogP contribution in [-0.2, 0) is 4.74 Å². The third-order valence-corrected chi connectivity index (χ3v) is 3.32. The van der Waals surface area contributed by atoms with Crippen molar-refractivity contribution in [1.29, 1.82) is 0 Å². The van der Waals surface area contributed by atoms with E-state index in [1.54, 1.807) is 25.6 Å². The Labute approximate surface area is 121 Å². The van der Waals surface area contributed by atoms with Crippen molar-refractivity contribution in [3.63, 3.8) is 0 Å². The van der Waals surface area contributed by atoms with Crippen molar-refractivity contribution < 1.29 is 14.3 Å². The van der Waals surface area contributed by atoms with E-state index in [1.165, 1.54) is 7.11 Å². The average Bonchev–Trinajstić information content (AvgIpc) is 2.97. The third-order valence-electron chi connectivity index (χ3n) is 3.32. The highest BCUT2D eigenvalue weighted by Gasteiger charge is 2.10. The van der Waals surface area contributed by atoms with Crippen molar-refractivity contribution in [2.24, 2.45) is 0 Å². The summed E-state index contributed by atoms with van der Waals surface area (Å²) in [6, 6.07) is 13.0. The summed E-state index contributed by atoms with van der Waals surface area (Å²) in [6.45, 7) is 0. The van der Waals surface area contributed by atoms with Crippen LogP contribution in [0, 0.1) is 0 Å². The van der Waals surface area contributed by atoms with Gasteiger partial charge in [-0.25, -0.2) is 9.78 Å². The van der Waals surface area contributed by atoms with Crippen LogP contribution in [0.1, 0.15) is 10.4 Å². The van der Waals surface area contributed by atoms with Gasteiger partial charge in [0.25, 0.3) is 0 Å². The van der Waals surface area contributed by atoms with Gasteiger partial charge in [-0.3, -0.25) is 4.57 Å². The number of carbonyl (C=O) groups is 1. The summed E-state index contributed by atoms with van der Waals surface area (Å²) in [5.74, 6) is 0.437. The number of aromatic nitrogens is 2. The van der Waals surface area contributed by atoms with E-state index in [4.69, 9.17) is 9.47 Å².